The van der Waals surface area contributed by atoms with Crippen LogP contribution >= 0.6 is 0 Å². The minimum Gasteiger partial charge on any atom is -0.380 e. The molecule has 0 bridgehead atoms. The Balaban J connectivity index is 1.81. The second-order valence-electron chi connectivity index (χ2n) is 6.24. The zero-order valence-corrected chi connectivity index (χ0v) is 13.9. The summed E-state index contributed by atoms with van der Waals surface area (Å²) in [5.74, 6) is 0. The van der Waals surface area contributed by atoms with Crippen molar-refractivity contribution < 1.29 is 9.47 Å². The maximum absolute atomic E-state index is 5.82. The highest BCUT2D eigenvalue weighted by Gasteiger charge is 2.29. The van der Waals surface area contributed by atoms with Gasteiger partial charge in [-0.05, 0) is 23.6 Å². The Hall–Kier alpha value is -1.68. The van der Waals surface area contributed by atoms with Gasteiger partial charge in [-0.2, -0.15) is 0 Å². The largest absolute Gasteiger partial charge is 0.380 e. The molecule has 1 fully saturated rings. The first kappa shape index (κ1) is 16.2. The Labute approximate surface area is 138 Å². The molecule has 1 aliphatic rings. The fourth-order valence-electron chi connectivity index (χ4n) is 3.27. The molecule has 0 N–H and O–H groups in total. The molecule has 0 spiro atoms. The third-order valence-corrected chi connectivity index (χ3v) is 4.45. The van der Waals surface area contributed by atoms with Gasteiger partial charge in [0.05, 0.1) is 25.9 Å². The lowest BCUT2D eigenvalue weighted by Crippen LogP contribution is -2.45. The molecule has 0 aliphatic carbocycles. The molecule has 3 heteroatoms. The van der Waals surface area contributed by atoms with E-state index in [4.69, 9.17) is 9.47 Å². The fraction of sp³-hybridized carbons (Fsp3) is 0.400. The predicted octanol–water partition coefficient (Wildman–Crippen LogP) is 3.80. The van der Waals surface area contributed by atoms with Crippen LogP contribution in [0.15, 0.2) is 54.6 Å². The van der Waals surface area contributed by atoms with E-state index in [1.54, 1.807) is 7.11 Å². The SMILES string of the molecule is COCc1cccc(CN2[C@@H](c3ccccc3)COC[C@@H]2C)c1. The van der Waals surface area contributed by atoms with E-state index in [0.29, 0.717) is 18.7 Å². The maximum atomic E-state index is 5.82. The number of benzene rings is 2. The van der Waals surface area contributed by atoms with Crippen molar-refractivity contribution in [3.05, 3.63) is 71.3 Å². The van der Waals surface area contributed by atoms with Crippen molar-refractivity contribution in [2.45, 2.75) is 32.2 Å². The molecule has 3 rings (SSSR count). The van der Waals surface area contributed by atoms with Crippen LogP contribution in [0.2, 0.25) is 0 Å². The molecule has 1 aliphatic heterocycles. The summed E-state index contributed by atoms with van der Waals surface area (Å²) < 4.78 is 11.1. The minimum absolute atomic E-state index is 0.311. The molecule has 0 aromatic heterocycles. The Morgan fingerprint density at radius 1 is 1.04 bits per heavy atom. The molecule has 1 heterocycles. The molecule has 2 atom stereocenters. The van der Waals surface area contributed by atoms with E-state index in [1.807, 2.05) is 0 Å². The molecule has 0 unspecified atom stereocenters. The van der Waals surface area contributed by atoms with Crippen LogP contribution in [0.5, 0.6) is 0 Å². The van der Waals surface area contributed by atoms with E-state index in [9.17, 15) is 0 Å². The summed E-state index contributed by atoms with van der Waals surface area (Å²) in [6.45, 7) is 5.39. The van der Waals surface area contributed by atoms with Crippen molar-refractivity contribution in [1.29, 1.82) is 0 Å². The normalized spacial score (nSPS) is 22.2. The number of methoxy groups -OCH3 is 1. The lowest BCUT2D eigenvalue weighted by molar-refractivity contribution is -0.0490. The number of rotatable bonds is 5. The van der Waals surface area contributed by atoms with E-state index >= 15 is 0 Å². The van der Waals surface area contributed by atoms with Crippen molar-refractivity contribution >= 4 is 0 Å². The van der Waals surface area contributed by atoms with Gasteiger partial charge in [-0.15, -0.1) is 0 Å². The van der Waals surface area contributed by atoms with Crippen LogP contribution in [0.4, 0.5) is 0 Å². The molecule has 1 saturated heterocycles. The van der Waals surface area contributed by atoms with Crippen LogP contribution in [-0.2, 0) is 22.6 Å². The maximum Gasteiger partial charge on any atom is 0.0713 e. The lowest BCUT2D eigenvalue weighted by Gasteiger charge is -2.40. The standard InChI is InChI=1S/C20H25NO2/c1-16-13-23-15-20(19-9-4-3-5-10-19)21(16)12-17-7-6-8-18(11-17)14-22-2/h3-11,16,20H,12-15H2,1-2H3/t16-,20+/m0/s1. The van der Waals surface area contributed by atoms with Gasteiger partial charge in [0.1, 0.15) is 0 Å². The van der Waals surface area contributed by atoms with Crippen molar-refractivity contribution in [3.8, 4) is 0 Å². The summed E-state index contributed by atoms with van der Waals surface area (Å²) in [6.07, 6.45) is 0. The van der Waals surface area contributed by atoms with E-state index in [-0.39, 0.29) is 0 Å². The third-order valence-electron chi connectivity index (χ3n) is 4.45. The Kier molecular flexibility index (Phi) is 5.44. The van der Waals surface area contributed by atoms with Crippen LogP contribution in [0, 0.1) is 0 Å². The van der Waals surface area contributed by atoms with Gasteiger partial charge in [0.25, 0.3) is 0 Å². The minimum atomic E-state index is 0.311. The van der Waals surface area contributed by atoms with Crippen molar-refractivity contribution in [3.63, 3.8) is 0 Å². The third kappa shape index (κ3) is 3.99. The number of nitrogens with zero attached hydrogens (tertiary/aromatic N) is 1. The highest BCUT2D eigenvalue weighted by molar-refractivity contribution is 5.25. The van der Waals surface area contributed by atoms with Crippen molar-refractivity contribution in [1.82, 2.24) is 4.90 Å². The topological polar surface area (TPSA) is 21.7 Å². The summed E-state index contributed by atoms with van der Waals surface area (Å²) in [5.41, 5.74) is 3.88. The molecule has 3 nitrogen and oxygen atoms in total. The Morgan fingerprint density at radius 3 is 2.61 bits per heavy atom. The lowest BCUT2D eigenvalue weighted by atomic mass is 10.0. The molecular weight excluding hydrogens is 286 g/mol. The van der Waals surface area contributed by atoms with Crippen LogP contribution in [0.25, 0.3) is 0 Å². The summed E-state index contributed by atoms with van der Waals surface area (Å²) >= 11 is 0. The Bertz CT molecular complexity index is 614. The van der Waals surface area contributed by atoms with Gasteiger partial charge in [0.15, 0.2) is 0 Å². The van der Waals surface area contributed by atoms with Crippen molar-refractivity contribution in [2.75, 3.05) is 20.3 Å². The van der Waals surface area contributed by atoms with E-state index < -0.39 is 0 Å². The van der Waals surface area contributed by atoms with E-state index in [0.717, 1.165) is 19.8 Å². The van der Waals surface area contributed by atoms with Crippen LogP contribution in [0.3, 0.4) is 0 Å². The van der Waals surface area contributed by atoms with Crippen LogP contribution < -0.4 is 0 Å². The van der Waals surface area contributed by atoms with Gasteiger partial charge in [0.2, 0.25) is 0 Å². The molecular formula is C20H25NO2. The number of morpholine rings is 1. The fourth-order valence-corrected chi connectivity index (χ4v) is 3.27. The second-order valence-corrected chi connectivity index (χ2v) is 6.24. The zero-order valence-electron chi connectivity index (χ0n) is 13.9. The zero-order chi connectivity index (χ0) is 16.1. The predicted molar refractivity (Wildman–Crippen MR) is 92.2 cm³/mol. The molecule has 122 valence electrons. The number of hydrogen-bond donors (Lipinski definition) is 0. The molecule has 23 heavy (non-hydrogen) atoms. The summed E-state index contributed by atoms with van der Waals surface area (Å²) in [5, 5.41) is 0. The first-order valence-corrected chi connectivity index (χ1v) is 8.23. The number of hydrogen-bond acceptors (Lipinski definition) is 3. The molecule has 0 amide bonds. The second kappa shape index (κ2) is 7.73. The molecule has 2 aromatic carbocycles. The van der Waals surface area contributed by atoms with E-state index in [1.165, 1.54) is 16.7 Å². The van der Waals surface area contributed by atoms with Crippen LogP contribution in [-0.4, -0.2) is 31.3 Å². The smallest absolute Gasteiger partial charge is 0.0713 e. The van der Waals surface area contributed by atoms with Crippen molar-refractivity contribution in [2.24, 2.45) is 0 Å². The quantitative estimate of drug-likeness (QED) is 0.838. The number of ether oxygens (including phenoxy) is 2. The van der Waals surface area contributed by atoms with Gasteiger partial charge >= 0.3 is 0 Å². The summed E-state index contributed by atoms with van der Waals surface area (Å²) in [6, 6.07) is 20.0. The van der Waals surface area contributed by atoms with Gasteiger partial charge in [-0.1, -0.05) is 54.6 Å². The monoisotopic (exact) mass is 311 g/mol. The molecule has 0 saturated carbocycles. The first-order valence-electron chi connectivity index (χ1n) is 8.23. The average Bonchev–Trinajstić information content (AvgIpc) is 2.58. The van der Waals surface area contributed by atoms with Gasteiger partial charge in [-0.25, -0.2) is 0 Å². The van der Waals surface area contributed by atoms with E-state index in [2.05, 4.69) is 66.4 Å². The molecule has 0 radical (unpaired) electrons. The first-order chi connectivity index (χ1) is 11.3. The van der Waals surface area contributed by atoms with Crippen LogP contribution in [0.1, 0.15) is 29.7 Å². The van der Waals surface area contributed by atoms with Gasteiger partial charge in [-0.3, -0.25) is 4.90 Å². The Morgan fingerprint density at radius 2 is 1.83 bits per heavy atom. The van der Waals surface area contributed by atoms with Gasteiger partial charge in [0, 0.05) is 19.7 Å². The van der Waals surface area contributed by atoms with Gasteiger partial charge < -0.3 is 9.47 Å². The highest BCUT2D eigenvalue weighted by Crippen LogP contribution is 2.29. The summed E-state index contributed by atoms with van der Waals surface area (Å²) in [4.78, 5) is 2.55. The average molecular weight is 311 g/mol. The molecule has 2 aromatic rings. The highest BCUT2D eigenvalue weighted by atomic mass is 16.5. The summed E-state index contributed by atoms with van der Waals surface area (Å²) in [7, 11) is 1.74.